The van der Waals surface area contributed by atoms with Crippen LogP contribution in [0.4, 0.5) is 0 Å². The van der Waals surface area contributed by atoms with Gasteiger partial charge < -0.3 is 14.8 Å². The molecule has 1 aliphatic carbocycles. The Morgan fingerprint density at radius 3 is 2.81 bits per heavy atom. The molecule has 0 bridgehead atoms. The molecule has 1 aromatic heterocycles. The molecule has 1 aromatic rings. The summed E-state index contributed by atoms with van der Waals surface area (Å²) in [6.07, 6.45) is 12.7. The van der Waals surface area contributed by atoms with Crippen molar-refractivity contribution in [2.24, 2.45) is 4.99 Å². The van der Waals surface area contributed by atoms with E-state index in [-0.39, 0.29) is 0 Å². The molecular weight excluding hydrogens is 356 g/mol. The first-order valence-corrected chi connectivity index (χ1v) is 11.8. The molecule has 2 aliphatic heterocycles. The first-order chi connectivity index (χ1) is 13.3. The molecule has 0 atom stereocenters. The minimum Gasteiger partial charge on any atom is -0.356 e. The van der Waals surface area contributed by atoms with Gasteiger partial charge in [0.15, 0.2) is 5.96 Å². The summed E-state index contributed by atoms with van der Waals surface area (Å²) in [5.74, 6) is 4.60. The van der Waals surface area contributed by atoms with E-state index >= 15 is 0 Å². The van der Waals surface area contributed by atoms with Crippen molar-refractivity contribution in [3.63, 3.8) is 0 Å². The first-order valence-electron chi connectivity index (χ1n) is 10.8. The van der Waals surface area contributed by atoms with E-state index in [9.17, 15) is 0 Å². The SMILES string of the molecule is CN=C(NCCc1nnc2n1CCCCC2)N1CCSC2(CCCCC2)C1. The van der Waals surface area contributed by atoms with E-state index in [0.29, 0.717) is 4.75 Å². The lowest BCUT2D eigenvalue weighted by Crippen LogP contribution is -2.53. The topological polar surface area (TPSA) is 58.3 Å². The number of hydrogen-bond donors (Lipinski definition) is 1. The summed E-state index contributed by atoms with van der Waals surface area (Å²) in [4.78, 5) is 7.08. The molecule has 1 saturated heterocycles. The molecule has 3 aliphatic rings. The predicted octanol–water partition coefficient (Wildman–Crippen LogP) is 2.87. The number of hydrogen-bond acceptors (Lipinski definition) is 4. The maximum Gasteiger partial charge on any atom is 0.193 e. The number of thioether (sulfide) groups is 1. The number of fused-ring (bicyclic) bond motifs is 1. The first kappa shape index (κ1) is 19.1. The van der Waals surface area contributed by atoms with Crippen LogP contribution in [0.5, 0.6) is 0 Å². The number of aryl methyl sites for hydroxylation is 1. The van der Waals surface area contributed by atoms with Gasteiger partial charge in [0.1, 0.15) is 11.6 Å². The molecular formula is C20H34N6S. The molecule has 0 aromatic carbocycles. The molecule has 0 unspecified atom stereocenters. The fourth-order valence-corrected chi connectivity index (χ4v) is 6.44. The minimum absolute atomic E-state index is 0.471. The predicted molar refractivity (Wildman–Crippen MR) is 112 cm³/mol. The summed E-state index contributed by atoms with van der Waals surface area (Å²) in [5.41, 5.74) is 0. The summed E-state index contributed by atoms with van der Waals surface area (Å²) in [6, 6.07) is 0. The van der Waals surface area contributed by atoms with Crippen LogP contribution in [0.3, 0.4) is 0 Å². The number of aliphatic imine (C=N–C) groups is 1. The third-order valence-electron chi connectivity index (χ3n) is 6.34. The van der Waals surface area contributed by atoms with Crippen LogP contribution in [0.1, 0.15) is 63.0 Å². The Morgan fingerprint density at radius 1 is 1.11 bits per heavy atom. The van der Waals surface area contributed by atoms with Gasteiger partial charge in [-0.2, -0.15) is 11.8 Å². The van der Waals surface area contributed by atoms with Gasteiger partial charge in [-0.15, -0.1) is 10.2 Å². The zero-order valence-corrected chi connectivity index (χ0v) is 17.6. The Bertz CT molecular complexity index is 643. The average molecular weight is 391 g/mol. The smallest absolute Gasteiger partial charge is 0.193 e. The summed E-state index contributed by atoms with van der Waals surface area (Å²) >= 11 is 2.21. The Hall–Kier alpha value is -1.24. The van der Waals surface area contributed by atoms with Crippen LogP contribution in [0.15, 0.2) is 4.99 Å². The highest BCUT2D eigenvalue weighted by Gasteiger charge is 2.38. The maximum atomic E-state index is 4.59. The number of rotatable bonds is 3. The van der Waals surface area contributed by atoms with Crippen molar-refractivity contribution in [2.45, 2.75) is 75.5 Å². The van der Waals surface area contributed by atoms with Gasteiger partial charge >= 0.3 is 0 Å². The van der Waals surface area contributed by atoms with Gasteiger partial charge in [-0.3, -0.25) is 4.99 Å². The van der Waals surface area contributed by atoms with Crippen molar-refractivity contribution in [3.8, 4) is 0 Å². The fourth-order valence-electron chi connectivity index (χ4n) is 4.87. The maximum absolute atomic E-state index is 4.59. The van der Waals surface area contributed by atoms with Crippen molar-refractivity contribution in [1.82, 2.24) is 25.0 Å². The molecule has 1 saturated carbocycles. The second kappa shape index (κ2) is 8.84. The van der Waals surface area contributed by atoms with E-state index in [4.69, 9.17) is 0 Å². The summed E-state index contributed by atoms with van der Waals surface area (Å²) in [5, 5.41) is 12.5. The third kappa shape index (κ3) is 4.44. The lowest BCUT2D eigenvalue weighted by molar-refractivity contribution is 0.293. The molecule has 3 heterocycles. The Balaban J connectivity index is 1.32. The van der Waals surface area contributed by atoms with Crippen molar-refractivity contribution in [3.05, 3.63) is 11.6 Å². The van der Waals surface area contributed by atoms with Crippen LogP contribution in [0.25, 0.3) is 0 Å². The Labute approximate surface area is 167 Å². The highest BCUT2D eigenvalue weighted by Crippen LogP contribution is 2.42. The standard InChI is InChI=1S/C20H34N6S/c1-21-19(25-14-15-27-20(16-25)10-5-3-6-11-20)22-12-9-18-24-23-17-8-4-2-7-13-26(17)18/h2-16H2,1H3,(H,21,22). The molecule has 7 heteroatoms. The molecule has 1 spiro atoms. The average Bonchev–Trinajstić information content (AvgIpc) is 2.92. The second-order valence-electron chi connectivity index (χ2n) is 8.23. The molecule has 1 N–H and O–H groups in total. The summed E-state index contributed by atoms with van der Waals surface area (Å²) in [7, 11) is 1.92. The molecule has 0 radical (unpaired) electrons. The molecule has 2 fully saturated rings. The van der Waals surface area contributed by atoms with Crippen LogP contribution in [0, 0.1) is 0 Å². The highest BCUT2D eigenvalue weighted by molar-refractivity contribution is 8.00. The Kier molecular flexibility index (Phi) is 6.25. The van der Waals surface area contributed by atoms with Gasteiger partial charge in [0.25, 0.3) is 0 Å². The van der Waals surface area contributed by atoms with Gasteiger partial charge in [-0.25, -0.2) is 0 Å². The Morgan fingerprint density at radius 2 is 1.96 bits per heavy atom. The van der Waals surface area contributed by atoms with Gasteiger partial charge in [-0.1, -0.05) is 25.7 Å². The molecule has 6 nitrogen and oxygen atoms in total. The van der Waals surface area contributed by atoms with E-state index in [1.54, 1.807) is 0 Å². The van der Waals surface area contributed by atoms with Gasteiger partial charge in [0, 0.05) is 56.6 Å². The van der Waals surface area contributed by atoms with Gasteiger partial charge in [0.2, 0.25) is 0 Å². The van der Waals surface area contributed by atoms with Crippen molar-refractivity contribution in [1.29, 1.82) is 0 Å². The summed E-state index contributed by atoms with van der Waals surface area (Å²) < 4.78 is 2.82. The zero-order chi connectivity index (χ0) is 18.5. The van der Waals surface area contributed by atoms with Crippen molar-refractivity contribution in [2.75, 3.05) is 32.4 Å². The lowest BCUT2D eigenvalue weighted by Gasteiger charge is -2.45. The van der Waals surface area contributed by atoms with E-state index in [1.165, 1.54) is 62.9 Å². The third-order valence-corrected chi connectivity index (χ3v) is 7.88. The zero-order valence-electron chi connectivity index (χ0n) is 16.8. The molecule has 27 heavy (non-hydrogen) atoms. The second-order valence-corrected chi connectivity index (χ2v) is 9.80. The van der Waals surface area contributed by atoms with E-state index in [2.05, 4.69) is 41.7 Å². The highest BCUT2D eigenvalue weighted by atomic mass is 32.2. The van der Waals surface area contributed by atoms with Crippen LogP contribution in [0.2, 0.25) is 0 Å². The van der Waals surface area contributed by atoms with E-state index < -0.39 is 0 Å². The van der Waals surface area contributed by atoms with Crippen LogP contribution in [-0.2, 0) is 19.4 Å². The quantitative estimate of drug-likeness (QED) is 0.635. The molecule has 4 rings (SSSR count). The van der Waals surface area contributed by atoms with E-state index in [0.717, 1.165) is 50.8 Å². The van der Waals surface area contributed by atoms with Crippen LogP contribution < -0.4 is 5.32 Å². The number of nitrogens with one attached hydrogen (secondary N) is 1. The fraction of sp³-hybridized carbons (Fsp3) is 0.850. The van der Waals surface area contributed by atoms with Crippen LogP contribution in [-0.4, -0.2) is 62.8 Å². The summed E-state index contributed by atoms with van der Waals surface area (Å²) in [6.45, 7) is 4.21. The lowest BCUT2D eigenvalue weighted by atomic mass is 9.87. The van der Waals surface area contributed by atoms with Crippen molar-refractivity contribution < 1.29 is 0 Å². The normalized spacial score (nSPS) is 23.1. The van der Waals surface area contributed by atoms with E-state index in [1.807, 2.05) is 7.05 Å². The molecule has 0 amide bonds. The van der Waals surface area contributed by atoms with Gasteiger partial charge in [0.05, 0.1) is 0 Å². The van der Waals surface area contributed by atoms with Crippen molar-refractivity contribution >= 4 is 17.7 Å². The number of nitrogens with zero attached hydrogens (tertiary/aromatic N) is 5. The van der Waals surface area contributed by atoms with Crippen LogP contribution >= 0.6 is 11.8 Å². The largest absolute Gasteiger partial charge is 0.356 e. The number of aromatic nitrogens is 3. The molecule has 150 valence electrons. The van der Waals surface area contributed by atoms with Gasteiger partial charge in [-0.05, 0) is 25.7 Å². The minimum atomic E-state index is 0.471. The number of guanidine groups is 1. The monoisotopic (exact) mass is 390 g/mol.